The molecule has 0 amide bonds. The average Bonchev–Trinajstić information content (AvgIpc) is 2.37. The fraction of sp³-hybridized carbons (Fsp3) is 1.00. The lowest BCUT2D eigenvalue weighted by atomic mass is 9.85. The third-order valence-corrected chi connectivity index (χ3v) is 4.35. The molecule has 0 spiro atoms. The van der Waals surface area contributed by atoms with Gasteiger partial charge in [-0.1, -0.05) is 20.8 Å². The van der Waals surface area contributed by atoms with E-state index in [4.69, 9.17) is 4.74 Å². The summed E-state index contributed by atoms with van der Waals surface area (Å²) >= 11 is 0. The first-order valence-electron chi connectivity index (χ1n) is 7.63. The Kier molecular flexibility index (Phi) is 5.05. The van der Waals surface area contributed by atoms with E-state index >= 15 is 0 Å². The molecule has 2 atom stereocenters. The van der Waals surface area contributed by atoms with Gasteiger partial charge in [-0.15, -0.1) is 0 Å². The lowest BCUT2D eigenvalue weighted by Crippen LogP contribution is -2.56. The van der Waals surface area contributed by atoms with Gasteiger partial charge in [0.25, 0.3) is 0 Å². The maximum Gasteiger partial charge on any atom is 0.0587 e. The molecule has 3 heteroatoms. The van der Waals surface area contributed by atoms with E-state index in [2.05, 4.69) is 31.0 Å². The molecule has 0 aliphatic carbocycles. The molecule has 2 aliphatic heterocycles. The van der Waals surface area contributed by atoms with Crippen molar-refractivity contribution in [2.45, 2.75) is 58.6 Å². The van der Waals surface area contributed by atoms with E-state index in [1.807, 2.05) is 0 Å². The van der Waals surface area contributed by atoms with Crippen LogP contribution in [-0.2, 0) is 4.74 Å². The Morgan fingerprint density at radius 3 is 2.78 bits per heavy atom. The van der Waals surface area contributed by atoms with E-state index < -0.39 is 0 Å². The molecular formula is C15H30N2O. The highest BCUT2D eigenvalue weighted by Gasteiger charge is 2.29. The summed E-state index contributed by atoms with van der Waals surface area (Å²) in [6.45, 7) is 12.7. The van der Waals surface area contributed by atoms with Crippen molar-refractivity contribution in [3.8, 4) is 0 Å². The summed E-state index contributed by atoms with van der Waals surface area (Å²) in [5.74, 6) is 0. The quantitative estimate of drug-likeness (QED) is 0.836. The molecule has 2 fully saturated rings. The van der Waals surface area contributed by atoms with E-state index in [0.717, 1.165) is 13.2 Å². The zero-order valence-corrected chi connectivity index (χ0v) is 12.4. The minimum absolute atomic E-state index is 0.361. The first kappa shape index (κ1) is 14.3. The first-order valence-corrected chi connectivity index (χ1v) is 7.63. The van der Waals surface area contributed by atoms with Gasteiger partial charge in [0.1, 0.15) is 0 Å². The monoisotopic (exact) mass is 254 g/mol. The van der Waals surface area contributed by atoms with Gasteiger partial charge >= 0.3 is 0 Å². The molecule has 2 saturated heterocycles. The van der Waals surface area contributed by atoms with Gasteiger partial charge in [0.2, 0.25) is 0 Å². The Hall–Kier alpha value is -0.120. The molecule has 0 radical (unpaired) electrons. The number of hydrogen-bond acceptors (Lipinski definition) is 3. The van der Waals surface area contributed by atoms with Crippen molar-refractivity contribution in [1.29, 1.82) is 0 Å². The summed E-state index contributed by atoms with van der Waals surface area (Å²) in [7, 11) is 0. The number of rotatable bonds is 3. The van der Waals surface area contributed by atoms with Crippen LogP contribution >= 0.6 is 0 Å². The van der Waals surface area contributed by atoms with Gasteiger partial charge in [0, 0.05) is 38.8 Å². The van der Waals surface area contributed by atoms with Crippen molar-refractivity contribution < 1.29 is 4.74 Å². The molecular weight excluding hydrogens is 224 g/mol. The maximum atomic E-state index is 5.82. The van der Waals surface area contributed by atoms with E-state index in [1.54, 1.807) is 0 Å². The van der Waals surface area contributed by atoms with Crippen molar-refractivity contribution in [1.82, 2.24) is 10.2 Å². The van der Waals surface area contributed by atoms with Gasteiger partial charge in [-0.25, -0.2) is 0 Å². The van der Waals surface area contributed by atoms with E-state index in [-0.39, 0.29) is 0 Å². The number of nitrogens with one attached hydrogen (secondary N) is 1. The van der Waals surface area contributed by atoms with Crippen LogP contribution < -0.4 is 5.32 Å². The lowest BCUT2D eigenvalue weighted by Gasteiger charge is -2.41. The number of nitrogens with zero attached hydrogens (tertiary/aromatic N) is 1. The second-order valence-electron chi connectivity index (χ2n) is 6.95. The van der Waals surface area contributed by atoms with Crippen LogP contribution in [0, 0.1) is 5.41 Å². The van der Waals surface area contributed by atoms with Crippen LogP contribution in [0.1, 0.15) is 46.5 Å². The van der Waals surface area contributed by atoms with Crippen LogP contribution in [0.2, 0.25) is 0 Å². The molecule has 2 aliphatic rings. The number of hydrogen-bond donors (Lipinski definition) is 1. The van der Waals surface area contributed by atoms with Gasteiger partial charge in [0.05, 0.1) is 6.10 Å². The van der Waals surface area contributed by atoms with Crippen molar-refractivity contribution in [3.05, 3.63) is 0 Å². The molecule has 2 unspecified atom stereocenters. The predicted molar refractivity (Wildman–Crippen MR) is 75.9 cm³/mol. The maximum absolute atomic E-state index is 5.82. The number of piperazine rings is 1. The standard InChI is InChI=1S/C15H30N2O/c1-15(2,3)14-12-17(10-8-16-14)9-7-13-6-4-5-11-18-13/h13-14,16H,4-12H2,1-3H3. The third kappa shape index (κ3) is 4.22. The average molecular weight is 254 g/mol. The second kappa shape index (κ2) is 6.36. The lowest BCUT2D eigenvalue weighted by molar-refractivity contribution is 0.00259. The largest absolute Gasteiger partial charge is 0.378 e. The molecule has 0 aromatic rings. The second-order valence-corrected chi connectivity index (χ2v) is 6.95. The smallest absolute Gasteiger partial charge is 0.0587 e. The van der Waals surface area contributed by atoms with Crippen LogP contribution in [0.25, 0.3) is 0 Å². The van der Waals surface area contributed by atoms with Crippen LogP contribution in [0.15, 0.2) is 0 Å². The van der Waals surface area contributed by atoms with Crippen LogP contribution in [0.4, 0.5) is 0 Å². The minimum Gasteiger partial charge on any atom is -0.378 e. The van der Waals surface area contributed by atoms with Gasteiger partial charge in [0.15, 0.2) is 0 Å². The zero-order valence-electron chi connectivity index (χ0n) is 12.4. The normalized spacial score (nSPS) is 31.5. The zero-order chi connectivity index (χ0) is 13.0. The summed E-state index contributed by atoms with van der Waals surface area (Å²) in [5, 5.41) is 3.65. The van der Waals surface area contributed by atoms with Crippen LogP contribution in [0.5, 0.6) is 0 Å². The van der Waals surface area contributed by atoms with E-state index in [9.17, 15) is 0 Å². The van der Waals surface area contributed by atoms with Gasteiger partial charge in [-0.3, -0.25) is 0 Å². The summed E-state index contributed by atoms with van der Waals surface area (Å²) in [6.07, 6.45) is 5.64. The Bertz CT molecular complexity index is 243. The third-order valence-electron chi connectivity index (χ3n) is 4.35. The van der Waals surface area contributed by atoms with Crippen molar-refractivity contribution in [3.63, 3.8) is 0 Å². The van der Waals surface area contributed by atoms with Crippen molar-refractivity contribution in [2.75, 3.05) is 32.8 Å². The van der Waals surface area contributed by atoms with Gasteiger partial charge < -0.3 is 15.0 Å². The number of ether oxygens (including phenoxy) is 1. The molecule has 0 aromatic heterocycles. The summed E-state index contributed by atoms with van der Waals surface area (Å²) in [5.41, 5.74) is 0.361. The first-order chi connectivity index (χ1) is 8.55. The van der Waals surface area contributed by atoms with E-state index in [0.29, 0.717) is 17.6 Å². The highest BCUT2D eigenvalue weighted by atomic mass is 16.5. The molecule has 0 aromatic carbocycles. The minimum atomic E-state index is 0.361. The molecule has 1 N–H and O–H groups in total. The Balaban J connectivity index is 1.72. The molecule has 3 nitrogen and oxygen atoms in total. The highest BCUT2D eigenvalue weighted by Crippen LogP contribution is 2.22. The van der Waals surface area contributed by atoms with E-state index in [1.165, 1.54) is 45.3 Å². The summed E-state index contributed by atoms with van der Waals surface area (Å²) < 4.78 is 5.82. The molecule has 106 valence electrons. The fourth-order valence-corrected chi connectivity index (χ4v) is 2.96. The Labute approximate surface area is 112 Å². The van der Waals surface area contributed by atoms with Crippen LogP contribution in [0.3, 0.4) is 0 Å². The molecule has 18 heavy (non-hydrogen) atoms. The Morgan fingerprint density at radius 1 is 1.28 bits per heavy atom. The summed E-state index contributed by atoms with van der Waals surface area (Å²) in [4.78, 5) is 2.62. The molecule has 2 heterocycles. The fourth-order valence-electron chi connectivity index (χ4n) is 2.96. The Morgan fingerprint density at radius 2 is 2.11 bits per heavy atom. The highest BCUT2D eigenvalue weighted by molar-refractivity contribution is 4.87. The van der Waals surface area contributed by atoms with Crippen LogP contribution in [-0.4, -0.2) is 49.8 Å². The summed E-state index contributed by atoms with van der Waals surface area (Å²) in [6, 6.07) is 0.624. The van der Waals surface area contributed by atoms with Crippen molar-refractivity contribution in [2.24, 2.45) is 5.41 Å². The molecule has 2 rings (SSSR count). The van der Waals surface area contributed by atoms with Crippen molar-refractivity contribution >= 4 is 0 Å². The van der Waals surface area contributed by atoms with Gasteiger partial charge in [-0.05, 0) is 31.1 Å². The SMILES string of the molecule is CC(C)(C)C1CN(CCC2CCCCO2)CCN1. The molecule has 0 bridgehead atoms. The molecule has 0 saturated carbocycles. The van der Waals surface area contributed by atoms with Gasteiger partial charge in [-0.2, -0.15) is 0 Å². The topological polar surface area (TPSA) is 24.5 Å². The predicted octanol–water partition coefficient (Wildman–Crippen LogP) is 2.27.